The molecule has 0 saturated carbocycles. The highest BCUT2D eigenvalue weighted by Crippen LogP contribution is 2.26. The summed E-state index contributed by atoms with van der Waals surface area (Å²) in [5.74, 6) is 0.619. The molecule has 0 aliphatic carbocycles. The summed E-state index contributed by atoms with van der Waals surface area (Å²) in [7, 11) is 0. The van der Waals surface area contributed by atoms with Gasteiger partial charge in [-0.05, 0) is 24.1 Å². The molecule has 34 heavy (non-hydrogen) atoms. The van der Waals surface area contributed by atoms with Crippen LogP contribution in [-0.2, 0) is 16.1 Å². The highest BCUT2D eigenvalue weighted by Gasteiger charge is 2.41. The first kappa shape index (κ1) is 22.4. The van der Waals surface area contributed by atoms with Gasteiger partial charge in [0.05, 0.1) is 31.0 Å². The van der Waals surface area contributed by atoms with Crippen LogP contribution in [-0.4, -0.2) is 70.7 Å². The Kier molecular flexibility index (Phi) is 6.48. The molecule has 0 aromatic heterocycles. The molecule has 2 fully saturated rings. The van der Waals surface area contributed by atoms with Gasteiger partial charge in [0.25, 0.3) is 0 Å². The van der Waals surface area contributed by atoms with Gasteiger partial charge in [0, 0.05) is 36.6 Å². The smallest absolute Gasteiger partial charge is 0.233 e. The molecule has 1 unspecified atom stereocenters. The molecule has 1 atom stereocenters. The van der Waals surface area contributed by atoms with Crippen LogP contribution in [0.25, 0.3) is 0 Å². The first-order chi connectivity index (χ1) is 16.6. The second kappa shape index (κ2) is 9.84. The Morgan fingerprint density at radius 2 is 1.91 bits per heavy atom. The first-order valence-electron chi connectivity index (χ1n) is 11.4. The second-order valence-electron chi connectivity index (χ2n) is 8.62. The Labute approximate surface area is 203 Å². The van der Waals surface area contributed by atoms with E-state index in [2.05, 4.69) is 4.99 Å². The first-order valence-corrected chi connectivity index (χ1v) is 11.8. The topological polar surface area (TPSA) is 84.5 Å². The van der Waals surface area contributed by atoms with E-state index in [9.17, 15) is 10.1 Å². The number of carbonyl (C=O) groups excluding carboxylic acids is 1. The van der Waals surface area contributed by atoms with Gasteiger partial charge in [0.15, 0.2) is 0 Å². The molecule has 0 bridgehead atoms. The van der Waals surface area contributed by atoms with Crippen molar-refractivity contribution in [2.75, 3.05) is 26.2 Å². The van der Waals surface area contributed by atoms with Gasteiger partial charge in [-0.2, -0.15) is 10.4 Å². The van der Waals surface area contributed by atoms with Crippen LogP contribution in [0.1, 0.15) is 24.0 Å². The highest BCUT2D eigenvalue weighted by molar-refractivity contribution is 6.30. The number of halogens is 1. The van der Waals surface area contributed by atoms with E-state index in [1.54, 1.807) is 5.01 Å². The minimum Gasteiger partial charge on any atom is -0.370 e. The predicted molar refractivity (Wildman–Crippen MR) is 129 cm³/mol. The van der Waals surface area contributed by atoms with Gasteiger partial charge >= 0.3 is 0 Å². The lowest BCUT2D eigenvalue weighted by molar-refractivity contribution is -0.128. The van der Waals surface area contributed by atoms with E-state index in [-0.39, 0.29) is 18.1 Å². The van der Waals surface area contributed by atoms with Crippen molar-refractivity contribution in [2.24, 2.45) is 10.1 Å². The third-order valence-electron chi connectivity index (χ3n) is 6.36. The summed E-state index contributed by atoms with van der Waals surface area (Å²) in [6.07, 6.45) is 3.37. The number of hydrogen-bond acceptors (Lipinski definition) is 5. The minimum absolute atomic E-state index is 0.0578. The van der Waals surface area contributed by atoms with Gasteiger partial charge in [-0.15, -0.1) is 4.99 Å². The van der Waals surface area contributed by atoms with Crippen LogP contribution in [0.4, 0.5) is 0 Å². The number of guanidine groups is 1. The molecule has 2 aromatic carbocycles. The van der Waals surface area contributed by atoms with E-state index in [0.29, 0.717) is 50.2 Å². The van der Waals surface area contributed by atoms with E-state index in [1.807, 2.05) is 70.6 Å². The van der Waals surface area contributed by atoms with E-state index in [0.717, 1.165) is 23.3 Å². The fraction of sp³-hybridized carbons (Fsp3) is 0.360. The number of hydrazone groups is 1. The highest BCUT2D eigenvalue weighted by atomic mass is 35.5. The van der Waals surface area contributed by atoms with Crippen molar-refractivity contribution in [3.63, 3.8) is 0 Å². The maximum Gasteiger partial charge on any atom is 0.233 e. The number of aliphatic imine (C=N–C) groups is 1. The van der Waals surface area contributed by atoms with Gasteiger partial charge in [0.2, 0.25) is 18.1 Å². The fourth-order valence-corrected chi connectivity index (χ4v) is 4.69. The average Bonchev–Trinajstić information content (AvgIpc) is 3.44. The maximum atomic E-state index is 12.5. The molecule has 3 heterocycles. The standard InChI is InChI=1S/C25H25ClN6O2/c26-20-10-8-19(9-11-20)24-22(31-12-4-7-23(31)33)15-32(29-24)25(28-17-27)30-13-21(14-30)34-16-18-5-2-1-3-6-18/h1-3,5-6,8-11,21-22H,4,7,12-16H2. The summed E-state index contributed by atoms with van der Waals surface area (Å²) >= 11 is 6.08. The summed E-state index contributed by atoms with van der Waals surface area (Å²) in [5, 5.41) is 16.6. The van der Waals surface area contributed by atoms with E-state index < -0.39 is 0 Å². The van der Waals surface area contributed by atoms with Crippen molar-refractivity contribution >= 4 is 29.2 Å². The van der Waals surface area contributed by atoms with Crippen molar-refractivity contribution < 1.29 is 9.53 Å². The summed E-state index contributed by atoms with van der Waals surface area (Å²) in [5.41, 5.74) is 2.82. The molecule has 0 N–H and O–H groups in total. The van der Waals surface area contributed by atoms with E-state index in [1.165, 1.54) is 0 Å². The molecular formula is C25H25ClN6O2. The number of amides is 1. The number of ether oxygens (including phenoxy) is 1. The number of nitrogens with zero attached hydrogens (tertiary/aromatic N) is 6. The van der Waals surface area contributed by atoms with Crippen LogP contribution in [0.2, 0.25) is 5.02 Å². The Balaban J connectivity index is 1.31. The molecule has 0 radical (unpaired) electrons. The molecule has 0 spiro atoms. The van der Waals surface area contributed by atoms with Crippen LogP contribution < -0.4 is 0 Å². The molecule has 174 valence electrons. The molecule has 3 aliphatic rings. The lowest BCUT2D eigenvalue weighted by atomic mass is 10.0. The SMILES string of the molecule is N#CN=C(N1CC(OCc2ccccc2)C1)N1CC(N2CCCC2=O)C(c2ccc(Cl)cc2)=N1. The van der Waals surface area contributed by atoms with Crippen LogP contribution >= 0.6 is 11.6 Å². The van der Waals surface area contributed by atoms with Crippen LogP contribution in [0.5, 0.6) is 0 Å². The van der Waals surface area contributed by atoms with Crippen molar-refractivity contribution in [3.8, 4) is 6.19 Å². The van der Waals surface area contributed by atoms with Gasteiger partial charge in [-0.25, -0.2) is 5.01 Å². The second-order valence-corrected chi connectivity index (χ2v) is 9.05. The molecule has 3 aliphatic heterocycles. The molecule has 8 nitrogen and oxygen atoms in total. The van der Waals surface area contributed by atoms with Gasteiger partial charge < -0.3 is 14.5 Å². The quantitative estimate of drug-likeness (QED) is 0.376. The Hall–Kier alpha value is -3.41. The number of nitriles is 1. The normalized spacial score (nSPS) is 21.0. The molecule has 2 saturated heterocycles. The number of carbonyl (C=O) groups is 1. The summed E-state index contributed by atoms with van der Waals surface area (Å²) in [6, 6.07) is 17.3. The number of benzene rings is 2. The average molecular weight is 477 g/mol. The number of rotatable bonds is 5. The Morgan fingerprint density at radius 1 is 1.15 bits per heavy atom. The summed E-state index contributed by atoms with van der Waals surface area (Å²) in [6.45, 7) is 2.96. The maximum absolute atomic E-state index is 12.5. The Morgan fingerprint density at radius 3 is 2.59 bits per heavy atom. The van der Waals surface area contributed by atoms with Crippen LogP contribution in [0, 0.1) is 11.5 Å². The van der Waals surface area contributed by atoms with Gasteiger partial charge in [0.1, 0.15) is 0 Å². The van der Waals surface area contributed by atoms with Crippen LogP contribution in [0.3, 0.4) is 0 Å². The van der Waals surface area contributed by atoms with Crippen molar-refractivity contribution in [3.05, 3.63) is 70.7 Å². The molecule has 1 amide bonds. The Bertz CT molecular complexity index is 1140. The number of hydrogen-bond donors (Lipinski definition) is 0. The molecule has 2 aromatic rings. The van der Waals surface area contributed by atoms with E-state index in [4.69, 9.17) is 21.4 Å². The zero-order valence-electron chi connectivity index (χ0n) is 18.7. The lowest BCUT2D eigenvalue weighted by Crippen LogP contribution is -2.58. The van der Waals surface area contributed by atoms with Crippen molar-refractivity contribution in [2.45, 2.75) is 31.6 Å². The largest absolute Gasteiger partial charge is 0.370 e. The summed E-state index contributed by atoms with van der Waals surface area (Å²) in [4.78, 5) is 20.5. The third-order valence-corrected chi connectivity index (χ3v) is 6.61. The monoisotopic (exact) mass is 476 g/mol. The zero-order valence-corrected chi connectivity index (χ0v) is 19.4. The van der Waals surface area contributed by atoms with Gasteiger partial charge in [-0.1, -0.05) is 54.1 Å². The molecular weight excluding hydrogens is 452 g/mol. The lowest BCUT2D eigenvalue weighted by Gasteiger charge is -2.42. The van der Waals surface area contributed by atoms with E-state index >= 15 is 0 Å². The number of likely N-dealkylation sites (tertiary alicyclic amines) is 2. The van der Waals surface area contributed by atoms with Crippen molar-refractivity contribution in [1.82, 2.24) is 14.8 Å². The van der Waals surface area contributed by atoms with Gasteiger partial charge in [-0.3, -0.25) is 4.79 Å². The minimum atomic E-state index is -0.202. The van der Waals surface area contributed by atoms with Crippen LogP contribution in [0.15, 0.2) is 64.7 Å². The summed E-state index contributed by atoms with van der Waals surface area (Å²) < 4.78 is 6.00. The molecule has 9 heteroatoms. The predicted octanol–water partition coefficient (Wildman–Crippen LogP) is 3.09. The fourth-order valence-electron chi connectivity index (χ4n) is 4.56. The van der Waals surface area contributed by atoms with Crippen molar-refractivity contribution in [1.29, 1.82) is 5.26 Å². The molecule has 5 rings (SSSR count). The third kappa shape index (κ3) is 4.63. The zero-order chi connectivity index (χ0) is 23.5.